The van der Waals surface area contributed by atoms with E-state index in [-0.39, 0.29) is 11.8 Å². The van der Waals surface area contributed by atoms with Crippen LogP contribution < -0.4 is 5.73 Å². The molecule has 0 amide bonds. The first-order chi connectivity index (χ1) is 6.63. The lowest BCUT2D eigenvalue weighted by Crippen LogP contribution is -2.32. The van der Waals surface area contributed by atoms with Gasteiger partial charge in [-0.2, -0.15) is 0 Å². The van der Waals surface area contributed by atoms with Gasteiger partial charge in [0, 0.05) is 10.9 Å². The minimum atomic E-state index is -0.360. The lowest BCUT2D eigenvalue weighted by Gasteiger charge is -2.08. The maximum Gasteiger partial charge on any atom is 0.149 e. The van der Waals surface area contributed by atoms with Crippen LogP contribution in [0.5, 0.6) is 0 Å². The van der Waals surface area contributed by atoms with Crippen molar-refractivity contribution in [3.8, 4) is 0 Å². The van der Waals surface area contributed by atoms with Crippen molar-refractivity contribution >= 4 is 21.7 Å². The van der Waals surface area contributed by atoms with E-state index in [0.29, 0.717) is 12.8 Å². The number of halogens is 1. The maximum atomic E-state index is 11.2. The van der Waals surface area contributed by atoms with E-state index in [2.05, 4.69) is 15.9 Å². The van der Waals surface area contributed by atoms with Gasteiger partial charge >= 0.3 is 0 Å². The molecule has 0 radical (unpaired) electrons. The zero-order chi connectivity index (χ0) is 10.6. The lowest BCUT2D eigenvalue weighted by atomic mass is 10.0. The number of carbonyl (C=O) groups excluding carboxylic acids is 1. The molecular formula is C11H14BrNO. The summed E-state index contributed by atoms with van der Waals surface area (Å²) in [5.74, 6) is 0.118. The van der Waals surface area contributed by atoms with Crippen molar-refractivity contribution in [1.29, 1.82) is 0 Å². The summed E-state index contributed by atoms with van der Waals surface area (Å²) in [6.45, 7) is 1.84. The van der Waals surface area contributed by atoms with Crippen molar-refractivity contribution in [2.24, 2.45) is 5.73 Å². The summed E-state index contributed by atoms with van der Waals surface area (Å²) in [7, 11) is 0. The molecule has 76 valence electrons. The molecule has 0 bridgehead atoms. The summed E-state index contributed by atoms with van der Waals surface area (Å²) in [4.78, 5) is 11.2. The smallest absolute Gasteiger partial charge is 0.149 e. The second-order valence-electron chi connectivity index (χ2n) is 3.26. The Morgan fingerprint density at radius 2 is 2.00 bits per heavy atom. The molecule has 0 saturated heterocycles. The predicted octanol–water partition coefficient (Wildman–Crippen LogP) is 2.30. The van der Waals surface area contributed by atoms with Gasteiger partial charge in [0.2, 0.25) is 0 Å². The van der Waals surface area contributed by atoms with Gasteiger partial charge in [0.05, 0.1) is 6.04 Å². The molecule has 0 saturated carbocycles. The second kappa shape index (κ2) is 5.27. The van der Waals surface area contributed by atoms with E-state index < -0.39 is 0 Å². The largest absolute Gasteiger partial charge is 0.321 e. The standard InChI is InChI=1S/C11H14BrNO/c1-2-11(14)10(13)7-8-3-5-9(12)6-4-8/h3-6,10H,2,7,13H2,1H3/t10-/m1/s1. The lowest BCUT2D eigenvalue weighted by molar-refractivity contribution is -0.119. The highest BCUT2D eigenvalue weighted by Gasteiger charge is 2.11. The predicted molar refractivity (Wildman–Crippen MR) is 61.1 cm³/mol. The van der Waals surface area contributed by atoms with E-state index in [9.17, 15) is 4.79 Å². The van der Waals surface area contributed by atoms with Gasteiger partial charge in [0.1, 0.15) is 5.78 Å². The van der Waals surface area contributed by atoms with E-state index in [4.69, 9.17) is 5.73 Å². The van der Waals surface area contributed by atoms with E-state index in [0.717, 1.165) is 10.0 Å². The van der Waals surface area contributed by atoms with E-state index >= 15 is 0 Å². The topological polar surface area (TPSA) is 43.1 Å². The minimum absolute atomic E-state index is 0.118. The first-order valence-corrected chi connectivity index (χ1v) is 5.45. The molecule has 0 unspecified atom stereocenters. The fraction of sp³-hybridized carbons (Fsp3) is 0.364. The molecule has 0 aliphatic rings. The van der Waals surface area contributed by atoms with Crippen molar-refractivity contribution in [2.75, 3.05) is 0 Å². The van der Waals surface area contributed by atoms with E-state index in [1.807, 2.05) is 31.2 Å². The number of rotatable bonds is 4. The Bertz CT molecular complexity index is 308. The molecule has 2 N–H and O–H groups in total. The van der Waals surface area contributed by atoms with Gasteiger partial charge in [-0.05, 0) is 24.1 Å². The molecule has 1 aromatic rings. The Morgan fingerprint density at radius 3 is 2.50 bits per heavy atom. The fourth-order valence-electron chi connectivity index (χ4n) is 1.25. The number of Topliss-reactive ketones (excluding diaryl/α,β-unsaturated/α-hetero) is 1. The van der Waals surface area contributed by atoms with E-state index in [1.54, 1.807) is 0 Å². The first-order valence-electron chi connectivity index (χ1n) is 4.66. The monoisotopic (exact) mass is 255 g/mol. The van der Waals surface area contributed by atoms with Crippen molar-refractivity contribution in [3.63, 3.8) is 0 Å². The molecule has 14 heavy (non-hydrogen) atoms. The molecule has 0 aliphatic heterocycles. The number of carbonyl (C=O) groups is 1. The number of hydrogen-bond donors (Lipinski definition) is 1. The zero-order valence-corrected chi connectivity index (χ0v) is 9.75. The van der Waals surface area contributed by atoms with Crippen LogP contribution in [0.25, 0.3) is 0 Å². The van der Waals surface area contributed by atoms with Crippen molar-refractivity contribution in [2.45, 2.75) is 25.8 Å². The van der Waals surface area contributed by atoms with Crippen LogP contribution in [0.4, 0.5) is 0 Å². The SMILES string of the molecule is CCC(=O)[C@H](N)Cc1ccc(Br)cc1. The average Bonchev–Trinajstić information content (AvgIpc) is 2.20. The summed E-state index contributed by atoms with van der Waals surface area (Å²) in [6.07, 6.45) is 1.14. The summed E-state index contributed by atoms with van der Waals surface area (Å²) < 4.78 is 1.04. The van der Waals surface area contributed by atoms with Crippen LogP contribution in [-0.2, 0) is 11.2 Å². The minimum Gasteiger partial charge on any atom is -0.321 e. The Kier molecular flexibility index (Phi) is 4.29. The molecule has 3 heteroatoms. The molecule has 1 aromatic carbocycles. The van der Waals surface area contributed by atoms with Gasteiger partial charge in [0.15, 0.2) is 0 Å². The highest BCUT2D eigenvalue weighted by molar-refractivity contribution is 9.10. The summed E-state index contributed by atoms with van der Waals surface area (Å²) >= 11 is 3.36. The van der Waals surface area contributed by atoms with Gasteiger partial charge in [-0.1, -0.05) is 35.0 Å². The average molecular weight is 256 g/mol. The van der Waals surface area contributed by atoms with Crippen LogP contribution in [0.2, 0.25) is 0 Å². The van der Waals surface area contributed by atoms with E-state index in [1.165, 1.54) is 0 Å². The van der Waals surface area contributed by atoms with Crippen LogP contribution in [0.15, 0.2) is 28.7 Å². The van der Waals surface area contributed by atoms with Crippen LogP contribution in [0.3, 0.4) is 0 Å². The van der Waals surface area contributed by atoms with Gasteiger partial charge in [-0.25, -0.2) is 0 Å². The van der Waals surface area contributed by atoms with Crippen molar-refractivity contribution in [1.82, 2.24) is 0 Å². The quantitative estimate of drug-likeness (QED) is 0.898. The number of ketones is 1. The third kappa shape index (κ3) is 3.24. The summed E-state index contributed by atoms with van der Waals surface area (Å²) in [5.41, 5.74) is 6.84. The van der Waals surface area contributed by atoms with Crippen LogP contribution in [0.1, 0.15) is 18.9 Å². The molecule has 2 nitrogen and oxygen atoms in total. The number of hydrogen-bond acceptors (Lipinski definition) is 2. The van der Waals surface area contributed by atoms with Gasteiger partial charge < -0.3 is 5.73 Å². The Morgan fingerprint density at radius 1 is 1.43 bits per heavy atom. The molecule has 0 heterocycles. The third-order valence-corrected chi connectivity index (χ3v) is 2.66. The molecule has 0 aliphatic carbocycles. The highest BCUT2D eigenvalue weighted by Crippen LogP contribution is 2.11. The molecule has 1 atom stereocenters. The van der Waals surface area contributed by atoms with Crippen LogP contribution in [-0.4, -0.2) is 11.8 Å². The molecule has 0 spiro atoms. The fourth-order valence-corrected chi connectivity index (χ4v) is 1.51. The Balaban J connectivity index is 2.60. The molecule has 0 aromatic heterocycles. The summed E-state index contributed by atoms with van der Waals surface area (Å²) in [5, 5.41) is 0. The first kappa shape index (κ1) is 11.4. The Hall–Kier alpha value is -0.670. The molecular weight excluding hydrogens is 242 g/mol. The molecule has 0 fully saturated rings. The van der Waals surface area contributed by atoms with Crippen molar-refractivity contribution < 1.29 is 4.79 Å². The van der Waals surface area contributed by atoms with Crippen LogP contribution >= 0.6 is 15.9 Å². The van der Waals surface area contributed by atoms with Gasteiger partial charge in [0.25, 0.3) is 0 Å². The maximum absolute atomic E-state index is 11.2. The number of nitrogens with two attached hydrogens (primary N) is 1. The molecule has 1 rings (SSSR count). The summed E-state index contributed by atoms with van der Waals surface area (Å²) in [6, 6.07) is 7.51. The Labute approximate surface area is 92.6 Å². The van der Waals surface area contributed by atoms with Crippen molar-refractivity contribution in [3.05, 3.63) is 34.3 Å². The van der Waals surface area contributed by atoms with Gasteiger partial charge in [-0.3, -0.25) is 4.79 Å². The van der Waals surface area contributed by atoms with Crippen LogP contribution in [0, 0.1) is 0 Å². The third-order valence-electron chi connectivity index (χ3n) is 2.13. The second-order valence-corrected chi connectivity index (χ2v) is 4.17. The number of benzene rings is 1. The normalized spacial score (nSPS) is 12.5. The highest BCUT2D eigenvalue weighted by atomic mass is 79.9. The van der Waals surface area contributed by atoms with Gasteiger partial charge in [-0.15, -0.1) is 0 Å². The zero-order valence-electron chi connectivity index (χ0n) is 8.16.